The molecule has 0 amide bonds. The first kappa shape index (κ1) is 11.5. The van der Waals surface area contributed by atoms with Gasteiger partial charge < -0.3 is 15.0 Å². The van der Waals surface area contributed by atoms with Gasteiger partial charge in [-0.15, -0.1) is 5.10 Å². The van der Waals surface area contributed by atoms with Crippen LogP contribution in [0.25, 0.3) is 11.0 Å². The van der Waals surface area contributed by atoms with Gasteiger partial charge in [0.1, 0.15) is 11.3 Å². The molecule has 2 heterocycles. The Balaban J connectivity index is 1.94. The van der Waals surface area contributed by atoms with Crippen LogP contribution in [0.3, 0.4) is 0 Å². The van der Waals surface area contributed by atoms with Crippen molar-refractivity contribution >= 4 is 16.9 Å². The topological polar surface area (TPSA) is 78.9 Å². The van der Waals surface area contributed by atoms with Crippen LogP contribution in [0.15, 0.2) is 36.8 Å². The minimum absolute atomic E-state index is 0.353. The molecule has 3 aromatic rings. The van der Waals surface area contributed by atoms with E-state index in [2.05, 4.69) is 15.2 Å². The zero-order valence-electron chi connectivity index (χ0n) is 10.4. The number of benzene rings is 1. The molecule has 3 rings (SSSR count). The van der Waals surface area contributed by atoms with Crippen LogP contribution >= 0.6 is 0 Å². The van der Waals surface area contributed by atoms with Crippen LogP contribution in [-0.4, -0.2) is 26.9 Å². The Morgan fingerprint density at radius 3 is 2.79 bits per heavy atom. The molecule has 19 heavy (non-hydrogen) atoms. The number of fused-ring (bicyclic) bond motifs is 1. The summed E-state index contributed by atoms with van der Waals surface area (Å²) in [6.07, 6.45) is 3.41. The second kappa shape index (κ2) is 4.56. The fourth-order valence-corrected chi connectivity index (χ4v) is 1.97. The number of aromatic nitrogens is 4. The molecule has 2 N–H and O–H groups in total. The molecule has 0 spiro atoms. The molecule has 0 aliphatic carbocycles. The largest absolute Gasteiger partial charge is 0.497 e. The average molecular weight is 255 g/mol. The number of nitrogens with zero attached hydrogens (tertiary/aromatic N) is 4. The van der Waals surface area contributed by atoms with Crippen molar-refractivity contribution in [3.8, 4) is 5.75 Å². The summed E-state index contributed by atoms with van der Waals surface area (Å²) in [6, 6.07) is 7.90. The molecular weight excluding hydrogens is 242 g/mol. The lowest BCUT2D eigenvalue weighted by Gasteiger charge is -2.05. The van der Waals surface area contributed by atoms with Crippen LogP contribution in [-0.2, 0) is 6.54 Å². The van der Waals surface area contributed by atoms with Gasteiger partial charge in [-0.2, -0.15) is 5.10 Å². The first-order chi connectivity index (χ1) is 9.28. The molecule has 0 radical (unpaired) electrons. The molecule has 6 nitrogen and oxygen atoms in total. The predicted molar refractivity (Wildman–Crippen MR) is 71.8 cm³/mol. The van der Waals surface area contributed by atoms with Gasteiger partial charge in [0.2, 0.25) is 0 Å². The average Bonchev–Trinajstić information content (AvgIpc) is 2.84. The number of anilines is 1. The molecule has 2 aromatic heterocycles. The molecule has 6 heteroatoms. The van der Waals surface area contributed by atoms with E-state index in [9.17, 15) is 0 Å². The molecule has 0 atom stereocenters. The van der Waals surface area contributed by atoms with Crippen molar-refractivity contribution in [2.75, 3.05) is 12.8 Å². The number of hydrogen-bond acceptors (Lipinski definition) is 5. The van der Waals surface area contributed by atoms with Crippen LogP contribution in [0.2, 0.25) is 0 Å². The second-order valence-corrected chi connectivity index (χ2v) is 4.18. The van der Waals surface area contributed by atoms with E-state index in [0.717, 1.165) is 16.8 Å². The molecular formula is C13H13N5O. The fourth-order valence-electron chi connectivity index (χ4n) is 1.97. The smallest absolute Gasteiger partial charge is 0.174 e. The monoisotopic (exact) mass is 255 g/mol. The number of imidazole rings is 1. The van der Waals surface area contributed by atoms with Gasteiger partial charge in [0, 0.05) is 6.54 Å². The normalized spacial score (nSPS) is 10.8. The minimum Gasteiger partial charge on any atom is -0.497 e. The van der Waals surface area contributed by atoms with E-state index in [1.54, 1.807) is 19.6 Å². The molecule has 0 aliphatic rings. The third-order valence-electron chi connectivity index (χ3n) is 2.98. The summed E-state index contributed by atoms with van der Waals surface area (Å²) in [6.45, 7) is 0.700. The molecule has 0 fully saturated rings. The van der Waals surface area contributed by atoms with Crippen LogP contribution in [0.1, 0.15) is 5.56 Å². The lowest BCUT2D eigenvalue weighted by molar-refractivity contribution is 0.414. The Morgan fingerprint density at radius 1 is 1.26 bits per heavy atom. The Hall–Kier alpha value is -2.63. The Labute approximate surface area is 109 Å². The first-order valence-corrected chi connectivity index (χ1v) is 5.83. The number of methoxy groups -OCH3 is 1. The van der Waals surface area contributed by atoms with Gasteiger partial charge in [0.15, 0.2) is 5.82 Å². The number of nitrogens with two attached hydrogens (primary N) is 1. The van der Waals surface area contributed by atoms with Crippen LogP contribution in [0.5, 0.6) is 5.75 Å². The van der Waals surface area contributed by atoms with Crippen molar-refractivity contribution in [2.45, 2.75) is 6.54 Å². The minimum atomic E-state index is 0.353. The number of hydrogen-bond donors (Lipinski definition) is 1. The van der Waals surface area contributed by atoms with Crippen molar-refractivity contribution in [3.63, 3.8) is 0 Å². The Kier molecular flexibility index (Phi) is 2.75. The van der Waals surface area contributed by atoms with Gasteiger partial charge in [-0.05, 0) is 17.7 Å². The molecule has 0 aliphatic heterocycles. The third-order valence-corrected chi connectivity index (χ3v) is 2.98. The van der Waals surface area contributed by atoms with E-state index < -0.39 is 0 Å². The Bertz CT molecular complexity index is 705. The highest BCUT2D eigenvalue weighted by molar-refractivity contribution is 5.83. The molecule has 0 saturated heterocycles. The lowest BCUT2D eigenvalue weighted by atomic mass is 10.2. The predicted octanol–water partition coefficient (Wildman–Crippen LogP) is 1.47. The van der Waals surface area contributed by atoms with Gasteiger partial charge in [0.25, 0.3) is 0 Å². The van der Waals surface area contributed by atoms with Gasteiger partial charge in [-0.3, -0.25) is 0 Å². The van der Waals surface area contributed by atoms with E-state index in [-0.39, 0.29) is 0 Å². The molecule has 0 bridgehead atoms. The van der Waals surface area contributed by atoms with Crippen molar-refractivity contribution in [1.29, 1.82) is 0 Å². The van der Waals surface area contributed by atoms with Crippen LogP contribution in [0, 0.1) is 0 Å². The summed E-state index contributed by atoms with van der Waals surface area (Å²) in [5, 5.41) is 7.64. The molecule has 1 aromatic carbocycles. The van der Waals surface area contributed by atoms with E-state index in [4.69, 9.17) is 10.5 Å². The number of ether oxygens (including phenoxy) is 1. The maximum Gasteiger partial charge on any atom is 0.174 e. The van der Waals surface area contributed by atoms with E-state index in [0.29, 0.717) is 17.9 Å². The number of rotatable bonds is 3. The van der Waals surface area contributed by atoms with Gasteiger partial charge in [-0.1, -0.05) is 12.1 Å². The summed E-state index contributed by atoms with van der Waals surface area (Å²) in [7, 11) is 1.65. The summed E-state index contributed by atoms with van der Waals surface area (Å²) in [5.41, 5.74) is 8.45. The van der Waals surface area contributed by atoms with Crippen LogP contribution < -0.4 is 10.5 Å². The van der Waals surface area contributed by atoms with Crippen molar-refractivity contribution in [2.24, 2.45) is 0 Å². The van der Waals surface area contributed by atoms with E-state index in [1.807, 2.05) is 28.8 Å². The summed E-state index contributed by atoms with van der Waals surface area (Å²) in [4.78, 5) is 4.26. The van der Waals surface area contributed by atoms with Gasteiger partial charge >= 0.3 is 0 Å². The molecule has 96 valence electrons. The quantitative estimate of drug-likeness (QED) is 0.766. The van der Waals surface area contributed by atoms with Gasteiger partial charge in [-0.25, -0.2) is 4.98 Å². The van der Waals surface area contributed by atoms with Crippen LogP contribution in [0.4, 0.5) is 5.82 Å². The summed E-state index contributed by atoms with van der Waals surface area (Å²) < 4.78 is 7.12. The summed E-state index contributed by atoms with van der Waals surface area (Å²) >= 11 is 0. The standard InChI is InChI=1S/C13H13N5O/c1-19-10-4-2-9(3-5-10)7-18-8-15-12-11(18)6-16-17-13(12)14/h2-6,8H,7H2,1H3,(H2,14,17). The SMILES string of the molecule is COc1ccc(Cn2cnc3c(N)nncc32)cc1. The highest BCUT2D eigenvalue weighted by Crippen LogP contribution is 2.18. The van der Waals surface area contributed by atoms with E-state index >= 15 is 0 Å². The lowest BCUT2D eigenvalue weighted by Crippen LogP contribution is -1.99. The summed E-state index contributed by atoms with van der Waals surface area (Å²) in [5.74, 6) is 1.19. The second-order valence-electron chi connectivity index (χ2n) is 4.18. The maximum atomic E-state index is 5.73. The number of nitrogen functional groups attached to an aromatic ring is 1. The highest BCUT2D eigenvalue weighted by atomic mass is 16.5. The zero-order valence-corrected chi connectivity index (χ0v) is 10.4. The van der Waals surface area contributed by atoms with Crippen molar-refractivity contribution < 1.29 is 4.74 Å². The first-order valence-electron chi connectivity index (χ1n) is 5.83. The van der Waals surface area contributed by atoms with Gasteiger partial charge in [0.05, 0.1) is 25.2 Å². The van der Waals surface area contributed by atoms with Crippen molar-refractivity contribution in [3.05, 3.63) is 42.4 Å². The van der Waals surface area contributed by atoms with Crippen molar-refractivity contribution in [1.82, 2.24) is 19.7 Å². The Morgan fingerprint density at radius 2 is 2.05 bits per heavy atom. The highest BCUT2D eigenvalue weighted by Gasteiger charge is 2.07. The van der Waals surface area contributed by atoms with E-state index in [1.165, 1.54) is 0 Å². The molecule has 0 saturated carbocycles. The zero-order chi connectivity index (χ0) is 13.2. The molecule has 0 unspecified atom stereocenters. The third kappa shape index (κ3) is 2.08. The maximum absolute atomic E-state index is 5.73. The fraction of sp³-hybridized carbons (Fsp3) is 0.154.